The quantitative estimate of drug-likeness (QED) is 0.341. The molecule has 2 bridgehead atoms. The fraction of sp³-hybridized carbons (Fsp3) is 0.952. The molecule has 4 aliphatic rings. The van der Waals surface area contributed by atoms with E-state index in [1.807, 2.05) is 11.8 Å². The highest BCUT2D eigenvalue weighted by Gasteiger charge is 2.43. The number of thioether (sulfide) groups is 1. The van der Waals surface area contributed by atoms with Crippen LogP contribution in [0.25, 0.3) is 0 Å². The molecule has 1 N–H and O–H groups in total. The summed E-state index contributed by atoms with van der Waals surface area (Å²) in [6.07, 6.45) is 10.4. The zero-order valence-electron chi connectivity index (χ0n) is 17.7. The van der Waals surface area contributed by atoms with E-state index < -0.39 is 0 Å². The first-order valence-electron chi connectivity index (χ1n) is 11.1. The van der Waals surface area contributed by atoms with Crippen molar-refractivity contribution in [1.29, 1.82) is 0 Å². The predicted molar refractivity (Wildman–Crippen MR) is 130 cm³/mol. The maximum absolute atomic E-state index is 5.59. The van der Waals surface area contributed by atoms with E-state index in [-0.39, 0.29) is 28.7 Å². The van der Waals surface area contributed by atoms with Gasteiger partial charge in [0.2, 0.25) is 0 Å². The Kier molecular flexibility index (Phi) is 8.63. The molecule has 2 aliphatic heterocycles. The van der Waals surface area contributed by atoms with Crippen LogP contribution < -0.4 is 5.32 Å². The number of aliphatic imine (C=N–C) groups is 1. The molecule has 0 amide bonds. The van der Waals surface area contributed by atoms with Gasteiger partial charge in [-0.3, -0.25) is 9.89 Å². The zero-order chi connectivity index (χ0) is 18.7. The lowest BCUT2D eigenvalue weighted by atomic mass is 9.93. The molecule has 0 radical (unpaired) electrons. The van der Waals surface area contributed by atoms with Crippen molar-refractivity contribution in [1.82, 2.24) is 15.1 Å². The van der Waals surface area contributed by atoms with E-state index in [2.05, 4.69) is 28.3 Å². The van der Waals surface area contributed by atoms with Crippen LogP contribution in [0.5, 0.6) is 0 Å². The largest absolute Gasteiger partial charge is 0.381 e. The highest BCUT2D eigenvalue weighted by Crippen LogP contribution is 2.46. The van der Waals surface area contributed by atoms with E-state index in [0.29, 0.717) is 0 Å². The standard InChI is InChI=1S/C21H38N4OS.HI/c1-3-22-20(23-16-21(27-2)6-12-26-13-7-21)25-10-8-24(9-11-25)19-15-17-4-5-18(19)14-17;/h17-19H,3-16H2,1-2H3,(H,22,23);1H. The smallest absolute Gasteiger partial charge is 0.194 e. The van der Waals surface area contributed by atoms with Crippen LogP contribution in [0.4, 0.5) is 0 Å². The molecule has 0 spiro atoms. The van der Waals surface area contributed by atoms with Gasteiger partial charge in [-0.25, -0.2) is 0 Å². The SMILES string of the molecule is CCNC(=NCC1(SC)CCOCC1)N1CCN(C2CC3CCC2C3)CC1.I. The highest BCUT2D eigenvalue weighted by molar-refractivity contribution is 14.0. The van der Waals surface area contributed by atoms with Gasteiger partial charge >= 0.3 is 0 Å². The van der Waals surface area contributed by atoms with Crippen LogP contribution in [0.1, 0.15) is 45.4 Å². The summed E-state index contributed by atoms with van der Waals surface area (Å²) in [5, 5.41) is 3.56. The fourth-order valence-corrected chi connectivity index (χ4v) is 6.51. The molecule has 5 nitrogen and oxygen atoms in total. The summed E-state index contributed by atoms with van der Waals surface area (Å²) in [6.45, 7) is 10.5. The van der Waals surface area contributed by atoms with Gasteiger partial charge in [-0.15, -0.1) is 24.0 Å². The molecule has 162 valence electrons. The molecule has 0 aromatic heterocycles. The lowest BCUT2D eigenvalue weighted by Crippen LogP contribution is -2.55. The van der Waals surface area contributed by atoms with Crippen molar-refractivity contribution in [2.75, 3.05) is 58.7 Å². The third-order valence-electron chi connectivity index (χ3n) is 7.47. The van der Waals surface area contributed by atoms with Crippen molar-refractivity contribution in [3.63, 3.8) is 0 Å². The Morgan fingerprint density at radius 2 is 1.89 bits per heavy atom. The van der Waals surface area contributed by atoms with Crippen LogP contribution in [0.15, 0.2) is 4.99 Å². The normalized spacial score (nSPS) is 33.0. The first kappa shape index (κ1) is 22.9. The fourth-order valence-electron chi connectivity index (χ4n) is 5.74. The molecular weight excluding hydrogens is 483 g/mol. The number of piperazine rings is 1. The van der Waals surface area contributed by atoms with Crippen LogP contribution in [-0.2, 0) is 4.74 Å². The van der Waals surface area contributed by atoms with Gasteiger partial charge in [-0.05, 0) is 57.1 Å². The second-order valence-electron chi connectivity index (χ2n) is 8.93. The van der Waals surface area contributed by atoms with E-state index >= 15 is 0 Å². The van der Waals surface area contributed by atoms with Crippen LogP contribution in [0, 0.1) is 11.8 Å². The zero-order valence-corrected chi connectivity index (χ0v) is 20.8. The summed E-state index contributed by atoms with van der Waals surface area (Å²) < 4.78 is 5.85. The average molecular weight is 523 g/mol. The van der Waals surface area contributed by atoms with Crippen LogP contribution in [0.3, 0.4) is 0 Å². The average Bonchev–Trinajstić information content (AvgIpc) is 3.36. The summed E-state index contributed by atoms with van der Waals surface area (Å²) in [5.41, 5.74) is 0. The summed E-state index contributed by atoms with van der Waals surface area (Å²) in [6, 6.07) is 0.882. The number of hydrogen-bond acceptors (Lipinski definition) is 4. The van der Waals surface area contributed by atoms with Gasteiger partial charge < -0.3 is 15.0 Å². The van der Waals surface area contributed by atoms with E-state index in [9.17, 15) is 0 Å². The van der Waals surface area contributed by atoms with Crippen molar-refractivity contribution < 1.29 is 4.74 Å². The van der Waals surface area contributed by atoms with Gasteiger partial charge in [-0.2, -0.15) is 11.8 Å². The number of hydrogen-bond donors (Lipinski definition) is 1. The third-order valence-corrected chi connectivity index (χ3v) is 8.88. The highest BCUT2D eigenvalue weighted by atomic mass is 127. The molecule has 0 aromatic carbocycles. The number of rotatable bonds is 5. The molecule has 0 aromatic rings. The van der Waals surface area contributed by atoms with Crippen molar-refractivity contribution in [3.8, 4) is 0 Å². The lowest BCUT2D eigenvalue weighted by Gasteiger charge is -2.42. The van der Waals surface area contributed by atoms with Crippen LogP contribution in [0.2, 0.25) is 0 Å². The number of guanidine groups is 1. The minimum Gasteiger partial charge on any atom is -0.381 e. The number of halogens is 1. The maximum Gasteiger partial charge on any atom is 0.194 e. The Morgan fingerprint density at radius 3 is 2.46 bits per heavy atom. The van der Waals surface area contributed by atoms with E-state index in [4.69, 9.17) is 9.73 Å². The van der Waals surface area contributed by atoms with Crippen molar-refractivity contribution >= 4 is 41.7 Å². The maximum atomic E-state index is 5.59. The summed E-state index contributed by atoms with van der Waals surface area (Å²) in [5.74, 6) is 3.17. The molecule has 3 atom stereocenters. The summed E-state index contributed by atoms with van der Waals surface area (Å²) in [4.78, 5) is 10.4. The molecule has 4 rings (SSSR count). The van der Waals surface area contributed by atoms with Gasteiger partial charge in [0.25, 0.3) is 0 Å². The first-order chi connectivity index (χ1) is 13.2. The van der Waals surface area contributed by atoms with Crippen molar-refractivity contribution in [3.05, 3.63) is 0 Å². The Morgan fingerprint density at radius 1 is 1.14 bits per heavy atom. The third kappa shape index (κ3) is 5.11. The second kappa shape index (κ2) is 10.5. The van der Waals surface area contributed by atoms with Crippen LogP contribution >= 0.6 is 35.7 Å². The van der Waals surface area contributed by atoms with Gasteiger partial charge in [0, 0.05) is 56.7 Å². The van der Waals surface area contributed by atoms with Gasteiger partial charge in [-0.1, -0.05) is 6.42 Å². The minimum absolute atomic E-state index is 0. The number of fused-ring (bicyclic) bond motifs is 2. The van der Waals surface area contributed by atoms with E-state index in [0.717, 1.165) is 76.1 Å². The molecule has 7 heteroatoms. The van der Waals surface area contributed by atoms with E-state index in [1.54, 1.807) is 0 Å². The topological polar surface area (TPSA) is 40.1 Å². The Bertz CT molecular complexity index is 521. The summed E-state index contributed by atoms with van der Waals surface area (Å²) in [7, 11) is 0. The molecule has 2 heterocycles. The predicted octanol–water partition coefficient (Wildman–Crippen LogP) is 3.29. The van der Waals surface area contributed by atoms with Gasteiger partial charge in [0.1, 0.15) is 0 Å². The molecule has 2 saturated heterocycles. The minimum atomic E-state index is 0. The number of nitrogens with zero attached hydrogens (tertiary/aromatic N) is 3. The van der Waals surface area contributed by atoms with Gasteiger partial charge in [0.05, 0.1) is 6.54 Å². The first-order valence-corrected chi connectivity index (χ1v) is 12.4. The molecule has 3 unspecified atom stereocenters. The molecule has 2 saturated carbocycles. The summed E-state index contributed by atoms with van der Waals surface area (Å²) >= 11 is 1.98. The Hall–Kier alpha value is 0.270. The molecular formula is C21H39IN4OS. The number of ether oxygens (including phenoxy) is 1. The Labute approximate surface area is 192 Å². The Balaban J connectivity index is 0.00000225. The van der Waals surface area contributed by atoms with Crippen LogP contribution in [-0.4, -0.2) is 85.3 Å². The number of nitrogens with one attached hydrogen (secondary N) is 1. The van der Waals surface area contributed by atoms with Crippen molar-refractivity contribution in [2.24, 2.45) is 16.8 Å². The molecule has 28 heavy (non-hydrogen) atoms. The lowest BCUT2D eigenvalue weighted by molar-refractivity contribution is 0.0790. The molecule has 2 aliphatic carbocycles. The van der Waals surface area contributed by atoms with Gasteiger partial charge in [0.15, 0.2) is 5.96 Å². The monoisotopic (exact) mass is 522 g/mol. The van der Waals surface area contributed by atoms with Crippen molar-refractivity contribution in [2.45, 2.75) is 56.2 Å². The molecule has 4 fully saturated rings. The second-order valence-corrected chi connectivity index (χ2v) is 10.2. The van der Waals surface area contributed by atoms with E-state index in [1.165, 1.54) is 38.8 Å².